The molecule has 0 rings (SSSR count). The van der Waals surface area contributed by atoms with Gasteiger partial charge in [0.25, 0.3) is 0 Å². The zero-order chi connectivity index (χ0) is 21.4. The van der Waals surface area contributed by atoms with Crippen LogP contribution in [0.1, 0.15) is 155 Å². The number of unbranched alkanes of at least 4 members (excludes halogenated alkanes) is 18. The van der Waals surface area contributed by atoms with Gasteiger partial charge in [0.2, 0.25) is 0 Å². The van der Waals surface area contributed by atoms with Crippen molar-refractivity contribution in [2.24, 2.45) is 0 Å². The van der Waals surface area contributed by atoms with Crippen LogP contribution in [0, 0.1) is 0 Å². The first-order valence-corrected chi connectivity index (χ1v) is 12.9. The maximum atomic E-state index is 11.7. The molecule has 0 saturated carbocycles. The summed E-state index contributed by atoms with van der Waals surface area (Å²) in [4.78, 5) is 23.3. The molecule has 0 aliphatic carbocycles. The molecule has 0 radical (unpaired) electrons. The SMILES string of the molecule is CCCCCCCCCCCCCCCCCC(=O)OC(=O)CCCCCCC.[Zr]. The van der Waals surface area contributed by atoms with Gasteiger partial charge in [-0.1, -0.05) is 129 Å². The van der Waals surface area contributed by atoms with Crippen molar-refractivity contribution in [1.82, 2.24) is 0 Å². The number of rotatable bonds is 22. The van der Waals surface area contributed by atoms with Crippen LogP contribution in [0.3, 0.4) is 0 Å². The van der Waals surface area contributed by atoms with Crippen LogP contribution in [-0.4, -0.2) is 11.9 Å². The molecular formula is C26H50O3Zr. The van der Waals surface area contributed by atoms with Gasteiger partial charge >= 0.3 is 11.9 Å². The van der Waals surface area contributed by atoms with E-state index < -0.39 is 0 Å². The number of ether oxygens (including phenoxy) is 1. The number of esters is 2. The van der Waals surface area contributed by atoms with Crippen molar-refractivity contribution in [3.05, 3.63) is 0 Å². The van der Waals surface area contributed by atoms with Gasteiger partial charge in [0.05, 0.1) is 0 Å². The molecule has 0 unspecified atom stereocenters. The Morgan fingerprint density at radius 1 is 0.433 bits per heavy atom. The van der Waals surface area contributed by atoms with Crippen molar-refractivity contribution in [3.8, 4) is 0 Å². The van der Waals surface area contributed by atoms with Gasteiger partial charge in [0, 0.05) is 39.0 Å². The largest absolute Gasteiger partial charge is 0.393 e. The van der Waals surface area contributed by atoms with E-state index in [1.807, 2.05) is 0 Å². The van der Waals surface area contributed by atoms with E-state index in [0.717, 1.165) is 32.1 Å². The molecule has 0 N–H and O–H groups in total. The fourth-order valence-corrected chi connectivity index (χ4v) is 3.74. The number of hydrogen-bond acceptors (Lipinski definition) is 3. The Kier molecular flexibility index (Phi) is 29.0. The van der Waals surface area contributed by atoms with Gasteiger partial charge in [-0.05, 0) is 12.8 Å². The molecule has 0 atom stereocenters. The van der Waals surface area contributed by atoms with E-state index in [4.69, 9.17) is 4.74 Å². The Balaban J connectivity index is 0. The van der Waals surface area contributed by atoms with Crippen LogP contribution in [0.2, 0.25) is 0 Å². The Morgan fingerprint density at radius 3 is 0.933 bits per heavy atom. The summed E-state index contributed by atoms with van der Waals surface area (Å²) in [5.74, 6) is -0.675. The zero-order valence-corrected chi connectivity index (χ0v) is 22.7. The fourth-order valence-electron chi connectivity index (χ4n) is 3.74. The van der Waals surface area contributed by atoms with Gasteiger partial charge < -0.3 is 4.74 Å². The molecule has 30 heavy (non-hydrogen) atoms. The van der Waals surface area contributed by atoms with Gasteiger partial charge in [-0.25, -0.2) is 0 Å². The van der Waals surface area contributed by atoms with Crippen LogP contribution in [0.25, 0.3) is 0 Å². The summed E-state index contributed by atoms with van der Waals surface area (Å²) in [5, 5.41) is 0. The molecule has 176 valence electrons. The van der Waals surface area contributed by atoms with Crippen LogP contribution >= 0.6 is 0 Å². The van der Waals surface area contributed by atoms with Crippen molar-refractivity contribution < 1.29 is 40.5 Å². The van der Waals surface area contributed by atoms with Crippen molar-refractivity contribution in [1.29, 1.82) is 0 Å². The third kappa shape index (κ3) is 26.1. The molecule has 0 heterocycles. The van der Waals surface area contributed by atoms with Crippen molar-refractivity contribution >= 4 is 11.9 Å². The second kappa shape index (κ2) is 27.1. The standard InChI is InChI=1S/C26H50O3.Zr/c1-3-5-7-9-10-11-12-13-14-15-16-17-18-20-22-24-26(28)29-25(27)23-21-19-8-6-4-2;/h3-24H2,1-2H3;. The van der Waals surface area contributed by atoms with Crippen LogP contribution in [0.4, 0.5) is 0 Å². The van der Waals surface area contributed by atoms with E-state index in [9.17, 15) is 9.59 Å². The fraction of sp³-hybridized carbons (Fsp3) is 0.923. The zero-order valence-electron chi connectivity index (χ0n) is 20.3. The Hall–Kier alpha value is 0.0231. The topological polar surface area (TPSA) is 43.4 Å². The minimum absolute atomic E-state index is 0. The third-order valence-electron chi connectivity index (χ3n) is 5.70. The maximum absolute atomic E-state index is 11.7. The predicted molar refractivity (Wildman–Crippen MR) is 124 cm³/mol. The van der Waals surface area contributed by atoms with Crippen molar-refractivity contribution in [3.63, 3.8) is 0 Å². The van der Waals surface area contributed by atoms with Crippen LogP contribution in [0.15, 0.2) is 0 Å². The van der Waals surface area contributed by atoms with Gasteiger partial charge in [0.15, 0.2) is 0 Å². The first-order chi connectivity index (χ1) is 14.2. The molecule has 4 heteroatoms. The summed E-state index contributed by atoms with van der Waals surface area (Å²) < 4.78 is 4.90. The average Bonchev–Trinajstić information content (AvgIpc) is 2.70. The summed E-state index contributed by atoms with van der Waals surface area (Å²) in [5.41, 5.74) is 0. The molecular weight excluding hydrogens is 452 g/mol. The van der Waals surface area contributed by atoms with Crippen LogP contribution in [0.5, 0.6) is 0 Å². The van der Waals surface area contributed by atoms with E-state index in [-0.39, 0.29) is 38.1 Å². The molecule has 0 amide bonds. The third-order valence-corrected chi connectivity index (χ3v) is 5.70. The average molecular weight is 502 g/mol. The van der Waals surface area contributed by atoms with Crippen LogP contribution in [-0.2, 0) is 40.5 Å². The first kappa shape index (κ1) is 32.2. The maximum Gasteiger partial charge on any atom is 0.313 e. The number of carbonyl (C=O) groups excluding carboxylic acids is 2. The Bertz CT molecular complexity index is 371. The summed E-state index contributed by atoms with van der Waals surface area (Å²) in [6.45, 7) is 4.44. The number of carbonyl (C=O) groups is 2. The van der Waals surface area contributed by atoms with Gasteiger partial charge in [-0.15, -0.1) is 0 Å². The van der Waals surface area contributed by atoms with Gasteiger partial charge in [-0.2, -0.15) is 0 Å². The summed E-state index contributed by atoms with van der Waals surface area (Å²) in [6, 6.07) is 0. The quantitative estimate of drug-likeness (QED) is 0.0846. The smallest absolute Gasteiger partial charge is 0.313 e. The van der Waals surface area contributed by atoms with E-state index in [0.29, 0.717) is 12.8 Å². The normalized spacial score (nSPS) is 10.6. The molecule has 0 bridgehead atoms. The summed E-state index contributed by atoms with van der Waals surface area (Å²) in [7, 11) is 0. The van der Waals surface area contributed by atoms with Crippen LogP contribution < -0.4 is 0 Å². The van der Waals surface area contributed by atoms with E-state index >= 15 is 0 Å². The molecule has 0 spiro atoms. The second-order valence-electron chi connectivity index (χ2n) is 8.71. The second-order valence-corrected chi connectivity index (χ2v) is 8.71. The molecule has 0 fully saturated rings. The summed E-state index contributed by atoms with van der Waals surface area (Å²) in [6.07, 6.45) is 25.9. The van der Waals surface area contributed by atoms with E-state index in [1.165, 1.54) is 96.3 Å². The van der Waals surface area contributed by atoms with E-state index in [2.05, 4.69) is 13.8 Å². The first-order valence-electron chi connectivity index (χ1n) is 12.9. The minimum atomic E-state index is -0.340. The molecule has 0 aliphatic heterocycles. The number of hydrogen-bond donors (Lipinski definition) is 0. The van der Waals surface area contributed by atoms with E-state index in [1.54, 1.807) is 0 Å². The molecule has 0 aromatic carbocycles. The monoisotopic (exact) mass is 500 g/mol. The molecule has 0 aromatic heterocycles. The van der Waals surface area contributed by atoms with Crippen molar-refractivity contribution in [2.75, 3.05) is 0 Å². The summed E-state index contributed by atoms with van der Waals surface area (Å²) >= 11 is 0. The Labute approximate surface area is 207 Å². The molecule has 0 saturated heterocycles. The minimum Gasteiger partial charge on any atom is -0.393 e. The Morgan fingerprint density at radius 2 is 0.667 bits per heavy atom. The molecule has 0 aliphatic rings. The van der Waals surface area contributed by atoms with Crippen molar-refractivity contribution in [2.45, 2.75) is 155 Å². The van der Waals surface area contributed by atoms with Gasteiger partial charge in [0.1, 0.15) is 0 Å². The molecule has 3 nitrogen and oxygen atoms in total. The predicted octanol–water partition coefficient (Wildman–Crippen LogP) is 8.68. The molecule has 0 aromatic rings. The van der Waals surface area contributed by atoms with Gasteiger partial charge in [-0.3, -0.25) is 9.59 Å².